The standard InChI is InChI=1S/C11H21N3O2S/c1-4-5-14-17(15,16)11-6-10(13-8-11)7-12-9(2)3/h6,8-9,12-14H,4-5,7H2,1-3H3. The quantitative estimate of drug-likeness (QED) is 0.689. The van der Waals surface area contributed by atoms with Gasteiger partial charge >= 0.3 is 0 Å². The van der Waals surface area contributed by atoms with E-state index in [-0.39, 0.29) is 0 Å². The predicted octanol–water partition coefficient (Wildman–Crippen LogP) is 1.20. The Morgan fingerprint density at radius 1 is 1.41 bits per heavy atom. The van der Waals surface area contributed by atoms with E-state index in [1.807, 2.05) is 20.8 Å². The van der Waals surface area contributed by atoms with Crippen molar-refractivity contribution in [1.29, 1.82) is 0 Å². The molecule has 98 valence electrons. The van der Waals surface area contributed by atoms with Crippen LogP contribution in [0.4, 0.5) is 0 Å². The van der Waals surface area contributed by atoms with Gasteiger partial charge in [-0.1, -0.05) is 20.8 Å². The monoisotopic (exact) mass is 259 g/mol. The normalized spacial score (nSPS) is 12.2. The van der Waals surface area contributed by atoms with Crippen molar-refractivity contribution in [3.63, 3.8) is 0 Å². The van der Waals surface area contributed by atoms with Crippen molar-refractivity contribution in [3.8, 4) is 0 Å². The van der Waals surface area contributed by atoms with Crippen LogP contribution in [-0.2, 0) is 16.6 Å². The second-order valence-corrected chi connectivity index (χ2v) is 6.06. The van der Waals surface area contributed by atoms with Gasteiger partial charge in [0, 0.05) is 31.0 Å². The van der Waals surface area contributed by atoms with Gasteiger partial charge in [0.05, 0.1) is 4.90 Å². The van der Waals surface area contributed by atoms with E-state index >= 15 is 0 Å². The Hall–Kier alpha value is -0.850. The van der Waals surface area contributed by atoms with E-state index in [0.29, 0.717) is 24.0 Å². The Morgan fingerprint density at radius 3 is 2.71 bits per heavy atom. The molecule has 0 aromatic carbocycles. The summed E-state index contributed by atoms with van der Waals surface area (Å²) in [6.45, 7) is 7.12. The summed E-state index contributed by atoms with van der Waals surface area (Å²) in [7, 11) is -3.35. The van der Waals surface area contributed by atoms with Crippen LogP contribution in [0.15, 0.2) is 17.2 Å². The fourth-order valence-corrected chi connectivity index (χ4v) is 2.46. The lowest BCUT2D eigenvalue weighted by Gasteiger charge is -2.05. The smallest absolute Gasteiger partial charge is 0.242 e. The number of H-pyrrole nitrogens is 1. The Balaban J connectivity index is 2.67. The summed E-state index contributed by atoms with van der Waals surface area (Å²) in [5.41, 5.74) is 0.871. The maximum atomic E-state index is 11.8. The molecule has 0 atom stereocenters. The van der Waals surface area contributed by atoms with E-state index in [2.05, 4.69) is 15.0 Å². The van der Waals surface area contributed by atoms with E-state index < -0.39 is 10.0 Å². The van der Waals surface area contributed by atoms with Gasteiger partial charge in [0.1, 0.15) is 0 Å². The van der Waals surface area contributed by atoms with Gasteiger partial charge in [-0.25, -0.2) is 13.1 Å². The maximum absolute atomic E-state index is 11.8. The van der Waals surface area contributed by atoms with Crippen LogP contribution in [0, 0.1) is 0 Å². The zero-order valence-electron chi connectivity index (χ0n) is 10.6. The van der Waals surface area contributed by atoms with Crippen molar-refractivity contribution in [1.82, 2.24) is 15.0 Å². The van der Waals surface area contributed by atoms with Crippen LogP contribution < -0.4 is 10.0 Å². The van der Waals surface area contributed by atoms with Crippen molar-refractivity contribution in [2.75, 3.05) is 6.54 Å². The number of rotatable bonds is 7. The first-order valence-electron chi connectivity index (χ1n) is 5.86. The summed E-state index contributed by atoms with van der Waals surface area (Å²) in [5, 5.41) is 3.22. The lowest BCUT2D eigenvalue weighted by molar-refractivity contribution is 0.580. The van der Waals surface area contributed by atoms with Gasteiger partial charge in [-0.15, -0.1) is 0 Å². The molecule has 17 heavy (non-hydrogen) atoms. The van der Waals surface area contributed by atoms with Crippen molar-refractivity contribution in [3.05, 3.63) is 18.0 Å². The summed E-state index contributed by atoms with van der Waals surface area (Å²) in [6, 6.07) is 2.03. The largest absolute Gasteiger partial charge is 0.363 e. The molecular weight excluding hydrogens is 238 g/mol. The second kappa shape index (κ2) is 6.18. The first-order valence-corrected chi connectivity index (χ1v) is 7.34. The van der Waals surface area contributed by atoms with Crippen molar-refractivity contribution >= 4 is 10.0 Å². The van der Waals surface area contributed by atoms with Crippen molar-refractivity contribution < 1.29 is 8.42 Å². The van der Waals surface area contributed by atoms with E-state index in [1.165, 1.54) is 6.20 Å². The van der Waals surface area contributed by atoms with Gasteiger partial charge in [-0.05, 0) is 12.5 Å². The molecule has 1 rings (SSSR count). The van der Waals surface area contributed by atoms with Gasteiger partial charge in [0.2, 0.25) is 10.0 Å². The highest BCUT2D eigenvalue weighted by Crippen LogP contribution is 2.10. The first-order chi connectivity index (χ1) is 7.95. The molecule has 0 amide bonds. The highest BCUT2D eigenvalue weighted by molar-refractivity contribution is 7.89. The molecule has 0 spiro atoms. The topological polar surface area (TPSA) is 74.0 Å². The minimum Gasteiger partial charge on any atom is -0.363 e. The molecule has 0 fully saturated rings. The summed E-state index contributed by atoms with van der Waals surface area (Å²) < 4.78 is 26.1. The average molecular weight is 259 g/mol. The maximum Gasteiger partial charge on any atom is 0.242 e. The summed E-state index contributed by atoms with van der Waals surface area (Å²) in [6.07, 6.45) is 2.31. The number of nitrogens with one attached hydrogen (secondary N) is 3. The summed E-state index contributed by atoms with van der Waals surface area (Å²) >= 11 is 0. The molecule has 3 N–H and O–H groups in total. The summed E-state index contributed by atoms with van der Waals surface area (Å²) in [5.74, 6) is 0. The van der Waals surface area contributed by atoms with Crippen molar-refractivity contribution in [2.24, 2.45) is 0 Å². The van der Waals surface area contributed by atoms with E-state index in [1.54, 1.807) is 6.07 Å². The second-order valence-electron chi connectivity index (χ2n) is 4.29. The number of hydrogen-bond donors (Lipinski definition) is 3. The molecule has 0 saturated carbocycles. The molecule has 0 unspecified atom stereocenters. The third-order valence-electron chi connectivity index (χ3n) is 2.27. The molecule has 0 aliphatic heterocycles. The lowest BCUT2D eigenvalue weighted by atomic mass is 10.3. The number of sulfonamides is 1. The Labute approximate surface area is 103 Å². The summed E-state index contributed by atoms with van der Waals surface area (Å²) in [4.78, 5) is 3.26. The van der Waals surface area contributed by atoms with Gasteiger partial charge in [0.15, 0.2) is 0 Å². The predicted molar refractivity (Wildman–Crippen MR) is 68.2 cm³/mol. The first kappa shape index (κ1) is 14.2. The molecule has 0 aliphatic carbocycles. The Morgan fingerprint density at radius 2 is 2.12 bits per heavy atom. The fraction of sp³-hybridized carbons (Fsp3) is 0.636. The SMILES string of the molecule is CCCNS(=O)(=O)c1c[nH]c(CNC(C)C)c1. The minimum atomic E-state index is -3.35. The number of aromatic nitrogens is 1. The number of aromatic amines is 1. The third kappa shape index (κ3) is 4.49. The fourth-order valence-electron chi connectivity index (χ4n) is 1.31. The van der Waals surface area contributed by atoms with Crippen LogP contribution in [0.1, 0.15) is 32.9 Å². The minimum absolute atomic E-state index is 0.298. The van der Waals surface area contributed by atoms with Crippen LogP contribution >= 0.6 is 0 Å². The van der Waals surface area contributed by atoms with E-state index in [0.717, 1.165) is 12.1 Å². The molecule has 5 nitrogen and oxygen atoms in total. The van der Waals surface area contributed by atoms with Crippen LogP contribution in [-0.4, -0.2) is 26.0 Å². The molecular formula is C11H21N3O2S. The highest BCUT2D eigenvalue weighted by Gasteiger charge is 2.14. The molecule has 0 bridgehead atoms. The molecule has 0 saturated heterocycles. The van der Waals surface area contributed by atoms with Gasteiger partial charge in [-0.2, -0.15) is 0 Å². The Kier molecular flexibility index (Phi) is 5.17. The lowest BCUT2D eigenvalue weighted by Crippen LogP contribution is -2.24. The van der Waals surface area contributed by atoms with E-state index in [9.17, 15) is 8.42 Å². The van der Waals surface area contributed by atoms with Gasteiger partial charge < -0.3 is 10.3 Å². The van der Waals surface area contributed by atoms with Crippen LogP contribution in [0.3, 0.4) is 0 Å². The Bertz CT molecular complexity index is 437. The molecule has 0 aliphatic rings. The molecule has 1 aromatic heterocycles. The van der Waals surface area contributed by atoms with E-state index in [4.69, 9.17) is 0 Å². The molecule has 6 heteroatoms. The average Bonchev–Trinajstić information content (AvgIpc) is 2.73. The van der Waals surface area contributed by atoms with Gasteiger partial charge in [0.25, 0.3) is 0 Å². The van der Waals surface area contributed by atoms with Crippen LogP contribution in [0.25, 0.3) is 0 Å². The van der Waals surface area contributed by atoms with Crippen LogP contribution in [0.5, 0.6) is 0 Å². The van der Waals surface area contributed by atoms with Gasteiger partial charge in [-0.3, -0.25) is 0 Å². The highest BCUT2D eigenvalue weighted by atomic mass is 32.2. The van der Waals surface area contributed by atoms with Crippen LogP contribution in [0.2, 0.25) is 0 Å². The zero-order valence-corrected chi connectivity index (χ0v) is 11.4. The molecule has 1 heterocycles. The number of hydrogen-bond acceptors (Lipinski definition) is 3. The third-order valence-corrected chi connectivity index (χ3v) is 3.71. The molecule has 0 radical (unpaired) electrons. The molecule has 1 aromatic rings. The van der Waals surface area contributed by atoms with Crippen molar-refractivity contribution in [2.45, 2.75) is 44.7 Å². The zero-order chi connectivity index (χ0) is 12.9.